The first-order valence-electron chi connectivity index (χ1n) is 10.8. The van der Waals surface area contributed by atoms with E-state index in [0.717, 1.165) is 25.7 Å². The highest BCUT2D eigenvalue weighted by molar-refractivity contribution is 5.73. The fraction of sp³-hybridized carbons (Fsp3) is 0.714. The molecule has 1 atom stereocenters. The number of aliphatic hydroxyl groups is 1. The average molecular weight is 497 g/mol. The Labute approximate surface area is 197 Å². The van der Waals surface area contributed by atoms with Crippen LogP contribution in [0.5, 0.6) is 0 Å². The summed E-state index contributed by atoms with van der Waals surface area (Å²) in [6, 6.07) is 0. The van der Waals surface area contributed by atoms with Crippen LogP contribution in [-0.4, -0.2) is 77.7 Å². The van der Waals surface area contributed by atoms with Crippen LogP contribution in [0.1, 0.15) is 89.9 Å². The van der Waals surface area contributed by atoms with E-state index in [2.05, 4.69) is 0 Å². The largest absolute Gasteiger partial charge is 0.481 e. The molecule has 0 radical (unpaired) electrons. The van der Waals surface area contributed by atoms with Crippen LogP contribution in [-0.2, 0) is 28.8 Å². The highest BCUT2D eigenvalue weighted by Gasteiger charge is 2.13. The van der Waals surface area contributed by atoms with Crippen LogP contribution in [0.2, 0.25) is 0 Å². The van der Waals surface area contributed by atoms with Gasteiger partial charge >= 0.3 is 35.8 Å². The molecule has 0 spiro atoms. The van der Waals surface area contributed by atoms with E-state index in [0.29, 0.717) is 25.7 Å². The Morgan fingerprint density at radius 3 is 0.824 bits per heavy atom. The lowest BCUT2D eigenvalue weighted by molar-refractivity contribution is -0.148. The zero-order valence-corrected chi connectivity index (χ0v) is 19.1. The molecule has 0 aliphatic heterocycles. The summed E-state index contributed by atoms with van der Waals surface area (Å²) >= 11 is 0. The van der Waals surface area contributed by atoms with Crippen LogP contribution < -0.4 is 0 Å². The number of hydrogen-bond donors (Lipinski definition) is 7. The Morgan fingerprint density at radius 1 is 0.412 bits per heavy atom. The van der Waals surface area contributed by atoms with Gasteiger partial charge in [-0.2, -0.15) is 0 Å². The van der Waals surface area contributed by atoms with Crippen molar-refractivity contribution in [1.29, 1.82) is 0 Å². The second-order valence-corrected chi connectivity index (χ2v) is 7.19. The molecule has 0 aromatic rings. The van der Waals surface area contributed by atoms with E-state index in [9.17, 15) is 28.8 Å². The molecule has 7 N–H and O–H groups in total. The van der Waals surface area contributed by atoms with Gasteiger partial charge in [0.05, 0.1) is 0 Å². The lowest BCUT2D eigenvalue weighted by atomic mass is 10.1. The topological polar surface area (TPSA) is 244 Å². The van der Waals surface area contributed by atoms with Crippen molar-refractivity contribution >= 4 is 35.8 Å². The smallest absolute Gasteiger partial charge is 0.332 e. The second kappa shape index (κ2) is 24.4. The minimum Gasteiger partial charge on any atom is -0.481 e. The van der Waals surface area contributed by atoms with Crippen LogP contribution in [0.25, 0.3) is 0 Å². The first-order valence-corrected chi connectivity index (χ1v) is 10.8. The minimum absolute atomic E-state index is 0.188. The molecular formula is C21H36O13. The van der Waals surface area contributed by atoms with Gasteiger partial charge in [-0.15, -0.1) is 0 Å². The van der Waals surface area contributed by atoms with Gasteiger partial charge < -0.3 is 35.7 Å². The summed E-state index contributed by atoms with van der Waals surface area (Å²) in [6.07, 6.45) is 4.43. The predicted molar refractivity (Wildman–Crippen MR) is 116 cm³/mol. The zero-order valence-electron chi connectivity index (χ0n) is 19.1. The molecule has 0 saturated carbocycles. The third kappa shape index (κ3) is 39.3. The van der Waals surface area contributed by atoms with Gasteiger partial charge in [-0.25, -0.2) is 4.79 Å². The van der Waals surface area contributed by atoms with Gasteiger partial charge in [-0.05, 0) is 32.1 Å². The molecule has 0 heterocycles. The van der Waals surface area contributed by atoms with E-state index < -0.39 is 41.9 Å². The Bertz CT molecular complexity index is 544. The van der Waals surface area contributed by atoms with Crippen LogP contribution >= 0.6 is 0 Å². The highest BCUT2D eigenvalue weighted by Crippen LogP contribution is 2.05. The predicted octanol–water partition coefficient (Wildman–Crippen LogP) is 2.29. The lowest BCUT2D eigenvalue weighted by Gasteiger charge is -2.00. The van der Waals surface area contributed by atoms with Gasteiger partial charge in [0.25, 0.3) is 0 Å². The number of aliphatic hydroxyl groups excluding tert-OH is 1. The first-order chi connectivity index (χ1) is 15.8. The van der Waals surface area contributed by atoms with Crippen LogP contribution in [0.3, 0.4) is 0 Å². The fourth-order valence-electron chi connectivity index (χ4n) is 2.20. The summed E-state index contributed by atoms with van der Waals surface area (Å²) in [4.78, 5) is 59.9. The van der Waals surface area contributed by atoms with E-state index >= 15 is 0 Å². The standard InChI is InChI=1S/2C8H14O4.C5H8O5/c2*9-7(10)5-3-1-2-4-6-8(11)12;6-3(5(9)10)1-2-4(7)8/h2*1-6H2,(H,9,10)(H,11,12);3,6H,1-2H2,(H,7,8)(H,9,10). The number of rotatable bonds is 18. The number of aliphatic carboxylic acids is 6. The molecule has 0 bridgehead atoms. The first kappa shape index (κ1) is 35.4. The van der Waals surface area contributed by atoms with Gasteiger partial charge in [0.1, 0.15) is 0 Å². The third-order valence-corrected chi connectivity index (χ3v) is 3.98. The zero-order chi connectivity index (χ0) is 26.9. The number of unbranched alkanes of at least 4 members (excludes halogenated alkanes) is 6. The maximum atomic E-state index is 10.0. The maximum Gasteiger partial charge on any atom is 0.332 e. The summed E-state index contributed by atoms with van der Waals surface area (Å²) in [7, 11) is 0. The van der Waals surface area contributed by atoms with Crippen LogP contribution in [0.15, 0.2) is 0 Å². The van der Waals surface area contributed by atoms with E-state index in [-0.39, 0.29) is 38.5 Å². The molecule has 13 nitrogen and oxygen atoms in total. The SMILES string of the molecule is O=C(O)CCC(O)C(=O)O.O=C(O)CCCCCCC(=O)O.O=C(O)CCCCCCC(=O)O. The van der Waals surface area contributed by atoms with E-state index in [1.165, 1.54) is 0 Å². The van der Waals surface area contributed by atoms with Crippen molar-refractivity contribution in [3.63, 3.8) is 0 Å². The molecule has 0 rings (SSSR count). The molecule has 198 valence electrons. The summed E-state index contributed by atoms with van der Waals surface area (Å²) in [5, 5.41) is 57.7. The molecule has 0 aliphatic carbocycles. The Hall–Kier alpha value is -3.22. The third-order valence-electron chi connectivity index (χ3n) is 3.98. The molecule has 0 aromatic carbocycles. The van der Waals surface area contributed by atoms with E-state index in [1.54, 1.807) is 0 Å². The van der Waals surface area contributed by atoms with Crippen molar-refractivity contribution < 1.29 is 64.5 Å². The average Bonchev–Trinajstić information content (AvgIpc) is 2.71. The number of hydrogen-bond acceptors (Lipinski definition) is 7. The second-order valence-electron chi connectivity index (χ2n) is 7.19. The van der Waals surface area contributed by atoms with Gasteiger partial charge in [-0.1, -0.05) is 25.7 Å². The molecule has 1 unspecified atom stereocenters. The minimum atomic E-state index is -1.56. The van der Waals surface area contributed by atoms with E-state index in [1.807, 2.05) is 0 Å². The normalized spacial score (nSPS) is 10.5. The Kier molecular flexibility index (Phi) is 25.4. The van der Waals surface area contributed by atoms with Gasteiger partial charge in [-0.3, -0.25) is 24.0 Å². The summed E-state index contributed by atoms with van der Waals surface area (Å²) in [6.45, 7) is 0. The monoisotopic (exact) mass is 496 g/mol. The molecule has 0 amide bonds. The molecule has 34 heavy (non-hydrogen) atoms. The van der Waals surface area contributed by atoms with Crippen molar-refractivity contribution in [3.05, 3.63) is 0 Å². The lowest BCUT2D eigenvalue weighted by Crippen LogP contribution is -2.20. The quantitative estimate of drug-likeness (QED) is 0.135. The van der Waals surface area contributed by atoms with Crippen LogP contribution in [0, 0.1) is 0 Å². The summed E-state index contributed by atoms with van der Waals surface area (Å²) in [5.41, 5.74) is 0. The van der Waals surface area contributed by atoms with Crippen molar-refractivity contribution in [2.24, 2.45) is 0 Å². The summed E-state index contributed by atoms with van der Waals surface area (Å²) < 4.78 is 0. The number of carboxylic acids is 6. The maximum absolute atomic E-state index is 10.0. The molecule has 0 fully saturated rings. The van der Waals surface area contributed by atoms with E-state index in [4.69, 9.17) is 35.7 Å². The van der Waals surface area contributed by atoms with Gasteiger partial charge in [0, 0.05) is 32.1 Å². The molecule has 0 saturated heterocycles. The molecule has 0 aromatic heterocycles. The summed E-state index contributed by atoms with van der Waals surface area (Å²) in [5.74, 6) is -5.63. The van der Waals surface area contributed by atoms with Crippen molar-refractivity contribution in [1.82, 2.24) is 0 Å². The molecular weight excluding hydrogens is 460 g/mol. The highest BCUT2D eigenvalue weighted by atomic mass is 16.4. The number of carboxylic acid groups (broad SMARTS) is 6. The Morgan fingerprint density at radius 2 is 0.647 bits per heavy atom. The van der Waals surface area contributed by atoms with Crippen LogP contribution in [0.4, 0.5) is 0 Å². The molecule has 0 aliphatic rings. The van der Waals surface area contributed by atoms with Crippen molar-refractivity contribution in [2.45, 2.75) is 96.0 Å². The number of carbonyl (C=O) groups is 6. The van der Waals surface area contributed by atoms with Gasteiger partial charge in [0.2, 0.25) is 0 Å². The molecule has 13 heteroatoms. The van der Waals surface area contributed by atoms with Crippen molar-refractivity contribution in [3.8, 4) is 0 Å². The fourth-order valence-corrected chi connectivity index (χ4v) is 2.20. The Balaban J connectivity index is -0.000000426. The van der Waals surface area contributed by atoms with Crippen molar-refractivity contribution in [2.75, 3.05) is 0 Å². The van der Waals surface area contributed by atoms with Gasteiger partial charge in [0.15, 0.2) is 6.10 Å².